The highest BCUT2D eigenvalue weighted by molar-refractivity contribution is 5.95. The van der Waals surface area contributed by atoms with Crippen molar-refractivity contribution < 1.29 is 18.8 Å². The third kappa shape index (κ3) is 3.66. The predicted octanol–water partition coefficient (Wildman–Crippen LogP) is 3.23. The van der Waals surface area contributed by atoms with Gasteiger partial charge in [-0.15, -0.1) is 0 Å². The van der Waals surface area contributed by atoms with Gasteiger partial charge in [0, 0.05) is 24.6 Å². The van der Waals surface area contributed by atoms with E-state index in [1.54, 1.807) is 23.1 Å². The summed E-state index contributed by atoms with van der Waals surface area (Å²) in [5.74, 6) is 2.86. The number of likely N-dealkylation sites (tertiary alicyclic amines) is 1. The van der Waals surface area contributed by atoms with Gasteiger partial charge in [-0.3, -0.25) is 4.79 Å². The van der Waals surface area contributed by atoms with Gasteiger partial charge in [-0.1, -0.05) is 19.0 Å². The number of rotatable bonds is 7. The van der Waals surface area contributed by atoms with Crippen LogP contribution in [0.5, 0.6) is 11.5 Å². The van der Waals surface area contributed by atoms with E-state index in [2.05, 4.69) is 10.1 Å². The number of hydrogen-bond donors (Lipinski definition) is 0. The summed E-state index contributed by atoms with van der Waals surface area (Å²) in [5, 5.41) is 3.99. The van der Waals surface area contributed by atoms with Crippen molar-refractivity contribution >= 4 is 5.91 Å². The predicted molar refractivity (Wildman–Crippen MR) is 95.8 cm³/mol. The molecule has 7 nitrogen and oxygen atoms in total. The minimum atomic E-state index is -0.0335. The van der Waals surface area contributed by atoms with E-state index in [4.69, 9.17) is 14.0 Å². The molecule has 0 atom stereocenters. The normalized spacial score (nSPS) is 14.4. The van der Waals surface area contributed by atoms with Gasteiger partial charge in [0.2, 0.25) is 5.89 Å². The van der Waals surface area contributed by atoms with Crippen LogP contribution < -0.4 is 9.47 Å². The molecule has 1 aliphatic heterocycles. The molecule has 0 N–H and O–H groups in total. The zero-order valence-electron chi connectivity index (χ0n) is 15.7. The number of carbonyl (C=O) groups is 1. The van der Waals surface area contributed by atoms with Crippen LogP contribution in [0, 0.1) is 0 Å². The van der Waals surface area contributed by atoms with Crippen molar-refractivity contribution in [3.05, 3.63) is 35.5 Å². The Morgan fingerprint density at radius 3 is 2.54 bits per heavy atom. The third-order valence-corrected chi connectivity index (χ3v) is 4.28. The van der Waals surface area contributed by atoms with Gasteiger partial charge in [-0.2, -0.15) is 4.98 Å². The van der Waals surface area contributed by atoms with Crippen LogP contribution in [0.15, 0.2) is 22.7 Å². The second-order valence-electron chi connectivity index (χ2n) is 6.58. The lowest BCUT2D eigenvalue weighted by molar-refractivity contribution is 0.0568. The molecule has 1 aromatic carbocycles. The summed E-state index contributed by atoms with van der Waals surface area (Å²) in [4.78, 5) is 18.9. The summed E-state index contributed by atoms with van der Waals surface area (Å²) >= 11 is 0. The van der Waals surface area contributed by atoms with E-state index in [0.29, 0.717) is 55.1 Å². The average molecular weight is 359 g/mol. The van der Waals surface area contributed by atoms with Gasteiger partial charge in [0.25, 0.3) is 5.91 Å². The van der Waals surface area contributed by atoms with E-state index in [-0.39, 0.29) is 17.7 Å². The minimum absolute atomic E-state index is 0.0335. The maximum Gasteiger partial charge on any atom is 0.254 e. The molecule has 0 bridgehead atoms. The fourth-order valence-electron chi connectivity index (χ4n) is 2.81. The first-order valence-corrected chi connectivity index (χ1v) is 9.05. The van der Waals surface area contributed by atoms with Crippen LogP contribution in [0.3, 0.4) is 0 Å². The maximum atomic E-state index is 12.7. The Morgan fingerprint density at radius 2 is 1.92 bits per heavy atom. The number of aromatic nitrogens is 2. The van der Waals surface area contributed by atoms with E-state index in [9.17, 15) is 4.79 Å². The second-order valence-corrected chi connectivity index (χ2v) is 6.58. The molecule has 0 unspecified atom stereocenters. The fraction of sp³-hybridized carbons (Fsp3) is 0.526. The number of benzene rings is 1. The third-order valence-electron chi connectivity index (χ3n) is 4.28. The van der Waals surface area contributed by atoms with Crippen LogP contribution in [0.4, 0.5) is 0 Å². The van der Waals surface area contributed by atoms with Crippen molar-refractivity contribution in [1.82, 2.24) is 15.0 Å². The molecule has 2 aromatic rings. The molecule has 0 spiro atoms. The van der Waals surface area contributed by atoms with Crippen molar-refractivity contribution in [2.24, 2.45) is 0 Å². The molecule has 0 radical (unpaired) electrons. The van der Waals surface area contributed by atoms with Crippen molar-refractivity contribution in [1.29, 1.82) is 0 Å². The van der Waals surface area contributed by atoms with Crippen LogP contribution in [0.1, 0.15) is 61.6 Å². The molecule has 1 aromatic heterocycles. The number of nitrogens with zero attached hydrogens (tertiary/aromatic N) is 3. The quantitative estimate of drug-likeness (QED) is 0.755. The Labute approximate surface area is 153 Å². The fourth-order valence-corrected chi connectivity index (χ4v) is 2.81. The van der Waals surface area contributed by atoms with Crippen molar-refractivity contribution in [2.75, 3.05) is 26.3 Å². The van der Waals surface area contributed by atoms with Crippen LogP contribution in [-0.4, -0.2) is 47.3 Å². The summed E-state index contributed by atoms with van der Waals surface area (Å²) in [6.45, 7) is 10.1. The van der Waals surface area contributed by atoms with Gasteiger partial charge in [0.1, 0.15) is 0 Å². The molecule has 1 amide bonds. The molecule has 140 valence electrons. The zero-order valence-corrected chi connectivity index (χ0v) is 15.7. The van der Waals surface area contributed by atoms with Crippen LogP contribution >= 0.6 is 0 Å². The second kappa shape index (κ2) is 7.76. The van der Waals surface area contributed by atoms with Crippen LogP contribution in [0.25, 0.3) is 0 Å². The lowest BCUT2D eigenvalue weighted by Crippen LogP contribution is -2.48. The standard InChI is InChI=1S/C19H25N3O4/c1-5-24-15-8-7-13(9-16(15)25-6-2)19(23)22-10-14(11-22)18-20-17(12(3)4)21-26-18/h7-9,12,14H,5-6,10-11H2,1-4H3. The molecular weight excluding hydrogens is 334 g/mol. The first-order chi connectivity index (χ1) is 12.5. The average Bonchev–Trinajstić information content (AvgIpc) is 3.05. The lowest BCUT2D eigenvalue weighted by atomic mass is 9.98. The molecule has 1 saturated heterocycles. The summed E-state index contributed by atoms with van der Waals surface area (Å²) in [7, 11) is 0. The van der Waals surface area contributed by atoms with E-state index in [0.717, 1.165) is 0 Å². The molecule has 2 heterocycles. The first kappa shape index (κ1) is 18.2. The van der Waals surface area contributed by atoms with Crippen LogP contribution in [-0.2, 0) is 0 Å². The first-order valence-electron chi connectivity index (χ1n) is 9.05. The van der Waals surface area contributed by atoms with Gasteiger partial charge in [-0.25, -0.2) is 0 Å². The molecule has 26 heavy (non-hydrogen) atoms. The Kier molecular flexibility index (Phi) is 5.44. The molecule has 1 fully saturated rings. The zero-order chi connectivity index (χ0) is 18.7. The Hall–Kier alpha value is -2.57. The maximum absolute atomic E-state index is 12.7. The highest BCUT2D eigenvalue weighted by Gasteiger charge is 2.36. The lowest BCUT2D eigenvalue weighted by Gasteiger charge is -2.37. The molecular formula is C19H25N3O4. The Morgan fingerprint density at radius 1 is 1.23 bits per heavy atom. The molecule has 0 saturated carbocycles. The largest absolute Gasteiger partial charge is 0.490 e. The topological polar surface area (TPSA) is 77.7 Å². The van der Waals surface area contributed by atoms with Gasteiger partial charge in [0.15, 0.2) is 17.3 Å². The SMILES string of the molecule is CCOc1ccc(C(=O)N2CC(c3nc(C(C)C)no3)C2)cc1OCC. The van der Waals surface area contributed by atoms with Crippen molar-refractivity contribution in [2.45, 2.75) is 39.5 Å². The Bertz CT molecular complexity index is 766. The Balaban J connectivity index is 1.66. The van der Waals surface area contributed by atoms with E-state index < -0.39 is 0 Å². The molecule has 3 rings (SSSR count). The highest BCUT2D eigenvalue weighted by Crippen LogP contribution is 2.32. The molecule has 7 heteroatoms. The summed E-state index contributed by atoms with van der Waals surface area (Å²) < 4.78 is 16.5. The number of carbonyl (C=O) groups excluding carboxylic acids is 1. The van der Waals surface area contributed by atoms with Gasteiger partial charge in [-0.05, 0) is 32.0 Å². The number of hydrogen-bond acceptors (Lipinski definition) is 6. The molecule has 0 aliphatic carbocycles. The summed E-state index contributed by atoms with van der Waals surface area (Å²) in [5.41, 5.74) is 0.587. The molecule has 1 aliphatic rings. The van der Waals surface area contributed by atoms with Crippen LogP contribution in [0.2, 0.25) is 0 Å². The minimum Gasteiger partial charge on any atom is -0.490 e. The monoisotopic (exact) mass is 359 g/mol. The summed E-state index contributed by atoms with van der Waals surface area (Å²) in [6.07, 6.45) is 0. The van der Waals surface area contributed by atoms with Gasteiger partial charge < -0.3 is 18.9 Å². The van der Waals surface area contributed by atoms with Crippen molar-refractivity contribution in [3.8, 4) is 11.5 Å². The van der Waals surface area contributed by atoms with E-state index in [1.165, 1.54) is 0 Å². The summed E-state index contributed by atoms with van der Waals surface area (Å²) in [6, 6.07) is 5.30. The van der Waals surface area contributed by atoms with E-state index >= 15 is 0 Å². The number of ether oxygens (including phenoxy) is 2. The van der Waals surface area contributed by atoms with E-state index in [1.807, 2.05) is 27.7 Å². The van der Waals surface area contributed by atoms with Gasteiger partial charge in [0.05, 0.1) is 19.1 Å². The van der Waals surface area contributed by atoms with Crippen molar-refractivity contribution in [3.63, 3.8) is 0 Å². The highest BCUT2D eigenvalue weighted by atomic mass is 16.5. The number of amides is 1. The smallest absolute Gasteiger partial charge is 0.254 e. The van der Waals surface area contributed by atoms with Gasteiger partial charge >= 0.3 is 0 Å².